The van der Waals surface area contributed by atoms with Crippen LogP contribution in [0.4, 0.5) is 5.69 Å². The maximum absolute atomic E-state index is 5.91. The molecule has 0 radical (unpaired) electrons. The zero-order chi connectivity index (χ0) is 15.2. The highest BCUT2D eigenvalue weighted by Crippen LogP contribution is 2.18. The molecule has 0 atom stereocenters. The summed E-state index contributed by atoms with van der Waals surface area (Å²) >= 11 is 3.45. The monoisotopic (exact) mass is 475 g/mol. The summed E-state index contributed by atoms with van der Waals surface area (Å²) in [5.41, 5.74) is 9.09. The van der Waals surface area contributed by atoms with E-state index in [9.17, 15) is 0 Å². The predicted octanol–water partition coefficient (Wildman–Crippen LogP) is 4.31. The standard InChI is InChI=1S/C16H18BrN3O.HI/c1-11-8-13(17)7-6-12(11)10-19-16(18)20-14-4-3-5-15(9-14)21-2;/h3-9H,10H2,1-2H3,(H3,18,19,20);1H. The number of halogens is 2. The topological polar surface area (TPSA) is 59.6 Å². The molecule has 4 nitrogen and oxygen atoms in total. The van der Waals surface area contributed by atoms with E-state index in [4.69, 9.17) is 10.5 Å². The highest BCUT2D eigenvalue weighted by Gasteiger charge is 2.00. The maximum Gasteiger partial charge on any atom is 0.193 e. The van der Waals surface area contributed by atoms with Gasteiger partial charge in [0.05, 0.1) is 13.7 Å². The Morgan fingerprint density at radius 2 is 2.05 bits per heavy atom. The van der Waals surface area contributed by atoms with Gasteiger partial charge in [-0.2, -0.15) is 0 Å². The van der Waals surface area contributed by atoms with E-state index in [1.807, 2.05) is 36.4 Å². The largest absolute Gasteiger partial charge is 0.497 e. The van der Waals surface area contributed by atoms with Crippen LogP contribution in [0.2, 0.25) is 0 Å². The van der Waals surface area contributed by atoms with Crippen LogP contribution in [-0.2, 0) is 6.54 Å². The number of methoxy groups -OCH3 is 1. The SMILES string of the molecule is COc1cccc(NC(N)=NCc2ccc(Br)cc2C)c1.I. The third kappa shape index (κ3) is 5.49. The Balaban J connectivity index is 0.00000242. The van der Waals surface area contributed by atoms with Crippen molar-refractivity contribution in [1.82, 2.24) is 0 Å². The molecule has 0 saturated heterocycles. The molecule has 0 aromatic heterocycles. The molecule has 2 aromatic rings. The zero-order valence-electron chi connectivity index (χ0n) is 12.5. The van der Waals surface area contributed by atoms with Crippen molar-refractivity contribution in [3.8, 4) is 5.75 Å². The van der Waals surface area contributed by atoms with E-state index in [1.54, 1.807) is 7.11 Å². The van der Waals surface area contributed by atoms with Crippen molar-refractivity contribution in [1.29, 1.82) is 0 Å². The van der Waals surface area contributed by atoms with Crippen LogP contribution in [0.15, 0.2) is 51.9 Å². The first-order chi connectivity index (χ1) is 10.1. The third-order valence-corrected chi connectivity index (χ3v) is 3.56. The molecule has 0 amide bonds. The van der Waals surface area contributed by atoms with Crippen LogP contribution in [0, 0.1) is 6.92 Å². The van der Waals surface area contributed by atoms with Crippen molar-refractivity contribution < 1.29 is 4.74 Å². The molecule has 0 fully saturated rings. The molecule has 6 heteroatoms. The Hall–Kier alpha value is -1.28. The molecule has 0 aliphatic rings. The molecule has 0 heterocycles. The van der Waals surface area contributed by atoms with Gasteiger partial charge in [0.1, 0.15) is 5.75 Å². The molecule has 0 spiro atoms. The number of rotatable bonds is 4. The van der Waals surface area contributed by atoms with E-state index in [0.717, 1.165) is 21.5 Å². The van der Waals surface area contributed by atoms with Gasteiger partial charge in [0.2, 0.25) is 0 Å². The van der Waals surface area contributed by atoms with Crippen LogP contribution in [0.1, 0.15) is 11.1 Å². The van der Waals surface area contributed by atoms with Gasteiger partial charge in [0.15, 0.2) is 5.96 Å². The lowest BCUT2D eigenvalue weighted by atomic mass is 10.1. The quantitative estimate of drug-likeness (QED) is 0.393. The summed E-state index contributed by atoms with van der Waals surface area (Å²) in [6.45, 7) is 2.60. The van der Waals surface area contributed by atoms with Gasteiger partial charge in [-0.25, -0.2) is 4.99 Å². The number of aryl methyl sites for hydroxylation is 1. The first-order valence-corrected chi connectivity index (χ1v) is 7.34. The number of hydrogen-bond donors (Lipinski definition) is 2. The average Bonchev–Trinajstić information content (AvgIpc) is 2.46. The number of benzene rings is 2. The van der Waals surface area contributed by atoms with Crippen LogP contribution in [0.25, 0.3) is 0 Å². The van der Waals surface area contributed by atoms with E-state index in [1.165, 1.54) is 5.56 Å². The van der Waals surface area contributed by atoms with Crippen molar-refractivity contribution in [3.05, 3.63) is 58.1 Å². The van der Waals surface area contributed by atoms with Gasteiger partial charge in [-0.1, -0.05) is 28.1 Å². The van der Waals surface area contributed by atoms with Crippen LogP contribution in [-0.4, -0.2) is 13.1 Å². The normalized spacial score (nSPS) is 10.8. The van der Waals surface area contributed by atoms with E-state index >= 15 is 0 Å². The molecule has 0 bridgehead atoms. The van der Waals surface area contributed by atoms with E-state index in [-0.39, 0.29) is 24.0 Å². The number of anilines is 1. The third-order valence-electron chi connectivity index (χ3n) is 3.07. The lowest BCUT2D eigenvalue weighted by Crippen LogP contribution is -2.22. The molecule has 22 heavy (non-hydrogen) atoms. The molecule has 3 N–H and O–H groups in total. The second-order valence-corrected chi connectivity index (χ2v) is 5.54. The molecule has 2 rings (SSSR count). The van der Waals surface area contributed by atoms with E-state index in [2.05, 4.69) is 39.2 Å². The number of aliphatic imine (C=N–C) groups is 1. The molecule has 118 valence electrons. The summed E-state index contributed by atoms with van der Waals surface area (Å²) in [6, 6.07) is 13.7. The van der Waals surface area contributed by atoms with Gasteiger partial charge in [-0.05, 0) is 42.3 Å². The number of hydrogen-bond acceptors (Lipinski definition) is 2. The summed E-state index contributed by atoms with van der Waals surface area (Å²) in [7, 11) is 1.63. The Morgan fingerprint density at radius 1 is 1.27 bits per heavy atom. The first kappa shape index (κ1) is 18.8. The minimum absolute atomic E-state index is 0. The Bertz CT molecular complexity index is 662. The van der Waals surface area contributed by atoms with Gasteiger partial charge in [-0.15, -0.1) is 24.0 Å². The van der Waals surface area contributed by atoms with Crippen LogP contribution >= 0.6 is 39.9 Å². The van der Waals surface area contributed by atoms with Crippen LogP contribution < -0.4 is 15.8 Å². The Morgan fingerprint density at radius 3 is 2.73 bits per heavy atom. The molecule has 0 aliphatic heterocycles. The highest BCUT2D eigenvalue weighted by molar-refractivity contribution is 14.0. The van der Waals surface area contributed by atoms with Crippen molar-refractivity contribution in [2.45, 2.75) is 13.5 Å². The fourth-order valence-electron chi connectivity index (χ4n) is 1.90. The molecular formula is C16H19BrIN3O. The van der Waals surface area contributed by atoms with Crippen molar-refractivity contribution in [2.24, 2.45) is 10.7 Å². The van der Waals surface area contributed by atoms with Crippen LogP contribution in [0.3, 0.4) is 0 Å². The fraction of sp³-hybridized carbons (Fsp3) is 0.188. The van der Waals surface area contributed by atoms with Crippen molar-refractivity contribution in [2.75, 3.05) is 12.4 Å². The molecular weight excluding hydrogens is 457 g/mol. The Kier molecular flexibility index (Phi) is 7.67. The molecule has 2 aromatic carbocycles. The van der Waals surface area contributed by atoms with Gasteiger partial charge in [-0.3, -0.25) is 0 Å². The molecule has 0 aliphatic carbocycles. The molecule has 0 unspecified atom stereocenters. The summed E-state index contributed by atoms with van der Waals surface area (Å²) in [5, 5.41) is 3.06. The second-order valence-electron chi connectivity index (χ2n) is 4.63. The molecule has 0 saturated carbocycles. The maximum atomic E-state index is 5.91. The summed E-state index contributed by atoms with van der Waals surface area (Å²) in [5.74, 6) is 1.15. The number of guanidine groups is 1. The van der Waals surface area contributed by atoms with Crippen molar-refractivity contribution >= 4 is 51.6 Å². The lowest BCUT2D eigenvalue weighted by Gasteiger charge is -2.08. The average molecular weight is 476 g/mol. The van der Waals surface area contributed by atoms with Gasteiger partial charge >= 0.3 is 0 Å². The zero-order valence-corrected chi connectivity index (χ0v) is 16.4. The number of nitrogens with zero attached hydrogens (tertiary/aromatic N) is 1. The summed E-state index contributed by atoms with van der Waals surface area (Å²) in [6.07, 6.45) is 0. The summed E-state index contributed by atoms with van der Waals surface area (Å²) in [4.78, 5) is 4.36. The lowest BCUT2D eigenvalue weighted by molar-refractivity contribution is 0.415. The number of nitrogens with two attached hydrogens (primary N) is 1. The van der Waals surface area contributed by atoms with Gasteiger partial charge < -0.3 is 15.8 Å². The second kappa shape index (κ2) is 8.99. The minimum atomic E-state index is 0. The fourth-order valence-corrected chi connectivity index (χ4v) is 2.37. The Labute approximate surface area is 156 Å². The summed E-state index contributed by atoms with van der Waals surface area (Å²) < 4.78 is 6.23. The minimum Gasteiger partial charge on any atom is -0.497 e. The first-order valence-electron chi connectivity index (χ1n) is 6.54. The van der Waals surface area contributed by atoms with Crippen LogP contribution in [0.5, 0.6) is 5.75 Å². The number of nitrogens with one attached hydrogen (secondary N) is 1. The van der Waals surface area contributed by atoms with Gasteiger partial charge in [0, 0.05) is 16.2 Å². The predicted molar refractivity (Wildman–Crippen MR) is 106 cm³/mol. The smallest absolute Gasteiger partial charge is 0.193 e. The number of ether oxygens (including phenoxy) is 1. The van der Waals surface area contributed by atoms with E-state index < -0.39 is 0 Å². The highest BCUT2D eigenvalue weighted by atomic mass is 127. The van der Waals surface area contributed by atoms with Crippen molar-refractivity contribution in [3.63, 3.8) is 0 Å². The van der Waals surface area contributed by atoms with E-state index in [0.29, 0.717) is 12.5 Å². The van der Waals surface area contributed by atoms with Gasteiger partial charge in [0.25, 0.3) is 0 Å².